The molecule has 1 amide bonds. The highest BCUT2D eigenvalue weighted by atomic mass is 35.5. The maximum atomic E-state index is 14.8. The van der Waals surface area contributed by atoms with Crippen molar-refractivity contribution in [1.82, 2.24) is 9.80 Å². The summed E-state index contributed by atoms with van der Waals surface area (Å²) in [6.07, 6.45) is -3.15. The predicted molar refractivity (Wildman–Crippen MR) is 187 cm³/mol. The number of hydrogen-bond donors (Lipinski definition) is 1. The minimum absolute atomic E-state index is 0.0235. The lowest BCUT2D eigenvalue weighted by Crippen LogP contribution is -2.39. The first-order valence-corrected chi connectivity index (χ1v) is 17.0. The van der Waals surface area contributed by atoms with Crippen molar-refractivity contribution in [3.8, 4) is 5.75 Å². The number of alkyl halides is 3. The zero-order valence-corrected chi connectivity index (χ0v) is 28.6. The molecule has 2 heterocycles. The molecule has 4 aromatic rings. The van der Waals surface area contributed by atoms with E-state index in [4.69, 9.17) is 38.7 Å². The molecule has 0 saturated carbocycles. The quantitative estimate of drug-likeness (QED) is 0.198. The molecule has 4 aromatic carbocycles. The van der Waals surface area contributed by atoms with Crippen molar-refractivity contribution in [1.29, 1.82) is 0 Å². The maximum Gasteiger partial charge on any atom is 0.416 e. The van der Waals surface area contributed by atoms with Gasteiger partial charge in [-0.25, -0.2) is 0 Å². The zero-order valence-electron chi connectivity index (χ0n) is 27.1. The van der Waals surface area contributed by atoms with Crippen molar-refractivity contribution in [3.63, 3.8) is 0 Å². The predicted octanol–water partition coefficient (Wildman–Crippen LogP) is 9.11. The number of likely N-dealkylation sites (tertiary alicyclic amines) is 1. The first-order chi connectivity index (χ1) is 23.4. The van der Waals surface area contributed by atoms with Gasteiger partial charge in [-0.15, -0.1) is 0 Å². The van der Waals surface area contributed by atoms with Crippen molar-refractivity contribution in [3.05, 3.63) is 134 Å². The second kappa shape index (κ2) is 14.5. The lowest BCUT2D eigenvalue weighted by Gasteiger charge is -2.31. The number of piperidine rings is 1. The molecule has 6 nitrogen and oxygen atoms in total. The van der Waals surface area contributed by atoms with Crippen LogP contribution in [0, 0.1) is 0 Å². The van der Waals surface area contributed by atoms with Crippen LogP contribution in [0.3, 0.4) is 0 Å². The van der Waals surface area contributed by atoms with Crippen molar-refractivity contribution < 1.29 is 22.7 Å². The highest BCUT2D eigenvalue weighted by Gasteiger charge is 2.44. The fourth-order valence-corrected chi connectivity index (χ4v) is 6.62. The number of nitrogens with zero attached hydrogens (tertiary/aromatic N) is 3. The van der Waals surface area contributed by atoms with Crippen LogP contribution in [0.4, 0.5) is 13.2 Å². The SMILES string of the molecule is CC(C)Oc1cc(C(F)(F)F)ccc1C1=NC(c2ccc(Cl)cc2)C(c2ccc(Cl)cc2)N1C(=O)c1ccc(CN2CCC(N)CC2)cc1. The Labute approximate surface area is 294 Å². The smallest absolute Gasteiger partial charge is 0.416 e. The Hall–Kier alpha value is -3.89. The highest BCUT2D eigenvalue weighted by molar-refractivity contribution is 6.30. The third-order valence-electron chi connectivity index (χ3n) is 8.86. The number of amidine groups is 1. The van der Waals surface area contributed by atoms with Gasteiger partial charge >= 0.3 is 6.18 Å². The lowest BCUT2D eigenvalue weighted by atomic mass is 9.93. The van der Waals surface area contributed by atoms with Crippen molar-refractivity contribution >= 4 is 34.9 Å². The number of hydrogen-bond acceptors (Lipinski definition) is 5. The average Bonchev–Trinajstić information content (AvgIpc) is 3.46. The molecule has 2 aliphatic heterocycles. The third-order valence-corrected chi connectivity index (χ3v) is 9.36. The molecule has 11 heteroatoms. The summed E-state index contributed by atoms with van der Waals surface area (Å²) in [6, 6.07) is 24.0. The molecule has 2 atom stereocenters. The van der Waals surface area contributed by atoms with Crippen LogP contribution in [-0.4, -0.2) is 46.8 Å². The van der Waals surface area contributed by atoms with Gasteiger partial charge in [0.25, 0.3) is 5.91 Å². The molecular weight excluding hydrogens is 672 g/mol. The van der Waals surface area contributed by atoms with E-state index in [-0.39, 0.29) is 29.1 Å². The molecule has 0 aromatic heterocycles. The van der Waals surface area contributed by atoms with Gasteiger partial charge in [0.2, 0.25) is 0 Å². The van der Waals surface area contributed by atoms with Crippen LogP contribution in [0.25, 0.3) is 0 Å². The molecule has 0 spiro atoms. The van der Waals surface area contributed by atoms with Crippen LogP contribution in [0.5, 0.6) is 5.75 Å². The Morgan fingerprint density at radius 3 is 2.06 bits per heavy atom. The molecule has 0 aliphatic carbocycles. The molecule has 2 unspecified atom stereocenters. The van der Waals surface area contributed by atoms with E-state index in [9.17, 15) is 18.0 Å². The number of nitrogens with two attached hydrogens (primary N) is 1. The number of carbonyl (C=O) groups is 1. The molecule has 1 fully saturated rings. The molecule has 1 saturated heterocycles. The molecule has 49 heavy (non-hydrogen) atoms. The Morgan fingerprint density at radius 2 is 1.49 bits per heavy atom. The fourth-order valence-electron chi connectivity index (χ4n) is 6.36. The summed E-state index contributed by atoms with van der Waals surface area (Å²) in [5.41, 5.74) is 8.47. The zero-order chi connectivity index (χ0) is 34.9. The number of amides is 1. The first-order valence-electron chi connectivity index (χ1n) is 16.2. The van der Waals surface area contributed by atoms with Gasteiger partial charge in [-0.2, -0.15) is 13.2 Å². The number of benzene rings is 4. The number of ether oxygens (including phenoxy) is 1. The van der Waals surface area contributed by atoms with E-state index in [1.54, 1.807) is 55.1 Å². The van der Waals surface area contributed by atoms with Crippen molar-refractivity contribution in [2.45, 2.75) is 63.6 Å². The molecule has 6 rings (SSSR count). The Balaban J connectivity index is 1.46. The largest absolute Gasteiger partial charge is 0.490 e. The second-order valence-corrected chi connectivity index (χ2v) is 13.7. The third kappa shape index (κ3) is 7.96. The minimum atomic E-state index is -4.60. The van der Waals surface area contributed by atoms with E-state index in [0.29, 0.717) is 15.6 Å². The molecule has 0 radical (unpaired) electrons. The standard InChI is InChI=1S/C38H37Cl2F3N4O2/c1-23(2)49-33-21-28(38(41,42)43)11-16-32(33)36-45-34(25-7-12-29(39)13-8-25)35(26-9-14-30(40)15-10-26)47(36)37(48)27-5-3-24(4-6-27)22-46-19-17-31(44)18-20-46/h3-16,21,23,31,34-35H,17-20,22,44H2,1-2H3. The second-order valence-electron chi connectivity index (χ2n) is 12.8. The van der Waals surface area contributed by atoms with Crippen LogP contribution in [-0.2, 0) is 12.7 Å². The summed E-state index contributed by atoms with van der Waals surface area (Å²) < 4.78 is 47.6. The molecule has 256 valence electrons. The van der Waals surface area contributed by atoms with Crippen molar-refractivity contribution in [2.24, 2.45) is 10.7 Å². The number of halogens is 5. The Bertz CT molecular complexity index is 1810. The molecule has 2 aliphatic rings. The van der Waals surface area contributed by atoms with E-state index in [1.165, 1.54) is 6.07 Å². The van der Waals surface area contributed by atoms with Crippen LogP contribution < -0.4 is 10.5 Å². The number of carbonyl (C=O) groups excluding carboxylic acids is 1. The summed E-state index contributed by atoms with van der Waals surface area (Å²) in [5, 5.41) is 1.05. The van der Waals surface area contributed by atoms with E-state index < -0.39 is 29.9 Å². The first kappa shape index (κ1) is 35.0. The van der Waals surface area contributed by atoms with Gasteiger partial charge in [0, 0.05) is 28.2 Å². The summed E-state index contributed by atoms with van der Waals surface area (Å²) in [7, 11) is 0. The van der Waals surface area contributed by atoms with Crippen LogP contribution in [0.2, 0.25) is 10.0 Å². The van der Waals surface area contributed by atoms with Gasteiger partial charge < -0.3 is 10.5 Å². The Kier molecular flexibility index (Phi) is 10.4. The Morgan fingerprint density at radius 1 is 0.898 bits per heavy atom. The summed E-state index contributed by atoms with van der Waals surface area (Å²) in [5.74, 6) is -0.186. The number of aliphatic imine (C=N–C) groups is 1. The fraction of sp³-hybridized carbons (Fsp3) is 0.316. The van der Waals surface area contributed by atoms with Crippen LogP contribution in [0.1, 0.15) is 76.9 Å². The highest BCUT2D eigenvalue weighted by Crippen LogP contribution is 2.46. The summed E-state index contributed by atoms with van der Waals surface area (Å²) in [6.45, 7) is 6.04. The van der Waals surface area contributed by atoms with Gasteiger partial charge in [0.05, 0.1) is 23.3 Å². The van der Waals surface area contributed by atoms with E-state index in [0.717, 1.165) is 61.3 Å². The van der Waals surface area contributed by atoms with Gasteiger partial charge in [0.1, 0.15) is 17.6 Å². The van der Waals surface area contributed by atoms with Crippen LogP contribution >= 0.6 is 23.2 Å². The van der Waals surface area contributed by atoms with Crippen molar-refractivity contribution in [2.75, 3.05) is 13.1 Å². The van der Waals surface area contributed by atoms with E-state index in [2.05, 4.69) is 4.90 Å². The van der Waals surface area contributed by atoms with Gasteiger partial charge in [-0.1, -0.05) is 59.6 Å². The number of rotatable bonds is 8. The minimum Gasteiger partial charge on any atom is -0.490 e. The summed E-state index contributed by atoms with van der Waals surface area (Å²) in [4.78, 5) is 23.8. The monoisotopic (exact) mass is 708 g/mol. The van der Waals surface area contributed by atoms with Crippen LogP contribution in [0.15, 0.2) is 96.0 Å². The van der Waals surface area contributed by atoms with E-state index in [1.807, 2.05) is 36.4 Å². The topological polar surface area (TPSA) is 71.2 Å². The summed E-state index contributed by atoms with van der Waals surface area (Å²) >= 11 is 12.5. The normalized spacial score (nSPS) is 19.0. The van der Waals surface area contributed by atoms with Gasteiger partial charge in [-0.05, 0) is 111 Å². The van der Waals surface area contributed by atoms with Gasteiger partial charge in [0.15, 0.2) is 0 Å². The average molecular weight is 710 g/mol. The molecule has 0 bridgehead atoms. The van der Waals surface area contributed by atoms with Gasteiger partial charge in [-0.3, -0.25) is 19.6 Å². The lowest BCUT2D eigenvalue weighted by molar-refractivity contribution is -0.137. The van der Waals surface area contributed by atoms with E-state index >= 15 is 0 Å². The molecule has 2 N–H and O–H groups in total. The molecular formula is C38H37Cl2F3N4O2. The maximum absolute atomic E-state index is 14.8.